The number of carbonyl (C=O) groups excluding carboxylic acids is 1. The van der Waals surface area contributed by atoms with Gasteiger partial charge in [-0.2, -0.15) is 0 Å². The Morgan fingerprint density at radius 3 is 2.26 bits per heavy atom. The van der Waals surface area contributed by atoms with E-state index in [1.165, 1.54) is 23.0 Å². The zero-order chi connectivity index (χ0) is 28.4. The maximum atomic E-state index is 14.0. The first-order valence-electron chi connectivity index (χ1n) is 11.9. The number of rotatable bonds is 8. The van der Waals surface area contributed by atoms with E-state index in [-0.39, 0.29) is 17.7 Å². The summed E-state index contributed by atoms with van der Waals surface area (Å²) >= 11 is 12.0. The van der Waals surface area contributed by atoms with Crippen molar-refractivity contribution < 1.29 is 23.7 Å². The number of halogens is 3. The number of thiazole rings is 1. The van der Waals surface area contributed by atoms with E-state index in [0.717, 1.165) is 14.5 Å². The second kappa shape index (κ2) is 12.4. The number of carbonyl (C=O) groups is 1. The summed E-state index contributed by atoms with van der Waals surface area (Å²) in [6, 6.07) is 6.45. The zero-order valence-electron chi connectivity index (χ0n) is 21.8. The fourth-order valence-electron chi connectivity index (χ4n) is 4.26. The van der Waals surface area contributed by atoms with Crippen molar-refractivity contribution in [2.45, 2.75) is 26.8 Å². The molecular formula is C27H25Br3N2O6S. The predicted octanol–water partition coefficient (Wildman–Crippen LogP) is 5.50. The van der Waals surface area contributed by atoms with Crippen LogP contribution >= 0.6 is 59.1 Å². The van der Waals surface area contributed by atoms with Gasteiger partial charge in [0.2, 0.25) is 0 Å². The zero-order valence-corrected chi connectivity index (χ0v) is 27.3. The van der Waals surface area contributed by atoms with Crippen LogP contribution in [0.1, 0.15) is 37.9 Å². The Morgan fingerprint density at radius 2 is 1.67 bits per heavy atom. The third kappa shape index (κ3) is 5.75. The number of fused-ring (bicyclic) bond motifs is 1. The third-order valence-corrected chi connectivity index (χ3v) is 8.77. The molecule has 0 spiro atoms. The quantitative estimate of drug-likeness (QED) is 0.283. The highest BCUT2D eigenvalue weighted by atomic mass is 79.9. The largest absolute Gasteiger partial charge is 0.493 e. The molecule has 0 N–H and O–H groups in total. The maximum Gasteiger partial charge on any atom is 0.338 e. The van der Waals surface area contributed by atoms with Gasteiger partial charge in [-0.05, 0) is 94.1 Å². The van der Waals surface area contributed by atoms with E-state index in [4.69, 9.17) is 18.9 Å². The smallest absolute Gasteiger partial charge is 0.338 e. The van der Waals surface area contributed by atoms with E-state index in [1.54, 1.807) is 39.2 Å². The number of benzene rings is 2. The van der Waals surface area contributed by atoms with Gasteiger partial charge in [0.15, 0.2) is 16.3 Å². The SMILES string of the molecule is CCOC(=O)C1=C(C)N=c2s/c(=C\c3cc(Br)c(OCC)c(Br)c3)c(=O)n2[C@H]1c1cc(OC)c(OC)cc1Br. The Hall–Kier alpha value is -2.41. The Kier molecular flexibility index (Phi) is 9.41. The van der Waals surface area contributed by atoms with Crippen molar-refractivity contribution in [1.82, 2.24) is 4.57 Å². The van der Waals surface area contributed by atoms with Crippen LogP contribution in [0.25, 0.3) is 6.08 Å². The summed E-state index contributed by atoms with van der Waals surface area (Å²) in [5.41, 5.74) is 1.87. The van der Waals surface area contributed by atoms with E-state index < -0.39 is 12.0 Å². The van der Waals surface area contributed by atoms with Crippen LogP contribution in [0.5, 0.6) is 17.2 Å². The van der Waals surface area contributed by atoms with Crippen molar-refractivity contribution in [3.63, 3.8) is 0 Å². The summed E-state index contributed by atoms with van der Waals surface area (Å²) in [6.07, 6.45) is 1.79. The Morgan fingerprint density at radius 1 is 1.03 bits per heavy atom. The molecule has 0 saturated heterocycles. The number of hydrogen-bond donors (Lipinski definition) is 0. The number of esters is 1. The molecule has 0 unspecified atom stereocenters. The molecule has 206 valence electrons. The van der Waals surface area contributed by atoms with Crippen LogP contribution in [0.15, 0.2) is 58.7 Å². The van der Waals surface area contributed by atoms with Crippen LogP contribution < -0.4 is 29.1 Å². The molecule has 1 aromatic heterocycles. The normalized spacial score (nSPS) is 15.1. The summed E-state index contributed by atoms with van der Waals surface area (Å²) in [6.45, 7) is 6.08. The van der Waals surface area contributed by atoms with E-state index in [1.807, 2.05) is 19.1 Å². The molecule has 0 saturated carbocycles. The summed E-state index contributed by atoms with van der Waals surface area (Å²) < 4.78 is 26.2. The van der Waals surface area contributed by atoms with Crippen LogP contribution in [0.4, 0.5) is 0 Å². The number of hydrogen-bond acceptors (Lipinski definition) is 8. The lowest BCUT2D eigenvalue weighted by atomic mass is 9.95. The standard InChI is InChI=1S/C27H25Br3N2O6S/c1-6-37-24-17(29)8-14(9-18(24)30)10-21-25(33)32-23(15-11-19(35-4)20(36-5)12-16(15)28)22(26(34)38-7-2)13(3)31-27(32)39-21/h8-12,23H,6-7H2,1-5H3/b21-10-/t23-/m0/s1. The van der Waals surface area contributed by atoms with Gasteiger partial charge in [-0.1, -0.05) is 27.3 Å². The van der Waals surface area contributed by atoms with E-state index in [9.17, 15) is 9.59 Å². The molecule has 0 radical (unpaired) electrons. The minimum absolute atomic E-state index is 0.182. The first-order valence-corrected chi connectivity index (χ1v) is 15.1. The molecule has 2 aromatic carbocycles. The van der Waals surface area contributed by atoms with Crippen LogP contribution in [-0.2, 0) is 9.53 Å². The first-order chi connectivity index (χ1) is 18.6. The average molecular weight is 745 g/mol. The average Bonchev–Trinajstić information content (AvgIpc) is 3.19. The highest BCUT2D eigenvalue weighted by Crippen LogP contribution is 2.41. The molecule has 4 rings (SSSR count). The lowest BCUT2D eigenvalue weighted by Crippen LogP contribution is -2.40. The van der Waals surface area contributed by atoms with Gasteiger partial charge in [-0.25, -0.2) is 9.79 Å². The van der Waals surface area contributed by atoms with Crippen molar-refractivity contribution in [3.05, 3.63) is 79.8 Å². The van der Waals surface area contributed by atoms with Gasteiger partial charge < -0.3 is 18.9 Å². The molecular weight excluding hydrogens is 720 g/mol. The van der Waals surface area contributed by atoms with E-state index >= 15 is 0 Å². The molecule has 3 aromatic rings. The summed E-state index contributed by atoms with van der Waals surface area (Å²) in [5, 5.41) is 0. The fraction of sp³-hybridized carbons (Fsp3) is 0.296. The molecule has 1 atom stereocenters. The van der Waals surface area contributed by atoms with Gasteiger partial charge in [-0.3, -0.25) is 9.36 Å². The molecule has 0 amide bonds. The number of nitrogens with zero attached hydrogens (tertiary/aromatic N) is 2. The number of ether oxygens (including phenoxy) is 4. The Balaban J connectivity index is 1.98. The first kappa shape index (κ1) is 29.6. The molecule has 12 heteroatoms. The summed E-state index contributed by atoms with van der Waals surface area (Å²) in [7, 11) is 3.07. The lowest BCUT2D eigenvalue weighted by molar-refractivity contribution is -0.139. The van der Waals surface area contributed by atoms with Gasteiger partial charge in [0.25, 0.3) is 5.56 Å². The molecule has 1 aliphatic heterocycles. The highest BCUT2D eigenvalue weighted by molar-refractivity contribution is 9.11. The lowest BCUT2D eigenvalue weighted by Gasteiger charge is -2.26. The van der Waals surface area contributed by atoms with Crippen molar-refractivity contribution >= 4 is 71.2 Å². The minimum atomic E-state index is -0.810. The van der Waals surface area contributed by atoms with Crippen LogP contribution in [0.3, 0.4) is 0 Å². The van der Waals surface area contributed by atoms with Crippen LogP contribution in [-0.4, -0.2) is 38.0 Å². The third-order valence-electron chi connectivity index (χ3n) is 5.92. The summed E-state index contributed by atoms with van der Waals surface area (Å²) in [4.78, 5) is 32.3. The number of aromatic nitrogens is 1. The van der Waals surface area contributed by atoms with Crippen molar-refractivity contribution in [3.8, 4) is 17.2 Å². The second-order valence-corrected chi connectivity index (χ2v) is 11.8. The minimum Gasteiger partial charge on any atom is -0.493 e. The van der Waals surface area contributed by atoms with Gasteiger partial charge in [0.05, 0.1) is 58.2 Å². The predicted molar refractivity (Wildman–Crippen MR) is 161 cm³/mol. The molecule has 8 nitrogen and oxygen atoms in total. The van der Waals surface area contributed by atoms with Crippen LogP contribution in [0.2, 0.25) is 0 Å². The second-order valence-electron chi connectivity index (χ2n) is 8.28. The number of methoxy groups -OCH3 is 2. The van der Waals surface area contributed by atoms with Crippen LogP contribution in [0, 0.1) is 0 Å². The monoisotopic (exact) mass is 742 g/mol. The highest BCUT2D eigenvalue weighted by Gasteiger charge is 2.35. The molecule has 0 aliphatic carbocycles. The molecule has 1 aliphatic rings. The van der Waals surface area contributed by atoms with Crippen molar-refractivity contribution in [1.29, 1.82) is 0 Å². The van der Waals surface area contributed by atoms with Crippen molar-refractivity contribution in [2.75, 3.05) is 27.4 Å². The summed E-state index contributed by atoms with van der Waals surface area (Å²) in [5.74, 6) is 1.11. The molecule has 39 heavy (non-hydrogen) atoms. The number of allylic oxidation sites excluding steroid dienone is 1. The maximum absolute atomic E-state index is 14.0. The fourth-order valence-corrected chi connectivity index (χ4v) is 7.30. The van der Waals surface area contributed by atoms with Gasteiger partial charge >= 0.3 is 5.97 Å². The Bertz CT molecular complexity index is 1640. The van der Waals surface area contributed by atoms with Gasteiger partial charge in [0.1, 0.15) is 5.75 Å². The van der Waals surface area contributed by atoms with E-state index in [2.05, 4.69) is 52.8 Å². The molecule has 2 heterocycles. The van der Waals surface area contributed by atoms with Crippen molar-refractivity contribution in [2.24, 2.45) is 4.99 Å². The Labute approximate surface area is 254 Å². The molecule has 0 fully saturated rings. The topological polar surface area (TPSA) is 88.4 Å². The molecule has 0 bridgehead atoms. The van der Waals surface area contributed by atoms with E-state index in [0.29, 0.717) is 48.9 Å². The van der Waals surface area contributed by atoms with Gasteiger partial charge in [-0.15, -0.1) is 0 Å². The van der Waals surface area contributed by atoms with Gasteiger partial charge in [0, 0.05) is 4.47 Å².